The third-order valence-electron chi connectivity index (χ3n) is 2.74. The summed E-state index contributed by atoms with van der Waals surface area (Å²) in [6.45, 7) is 2.69. The molecule has 1 atom stereocenters. The number of thiazole rings is 1. The Morgan fingerprint density at radius 2 is 2.50 bits per heavy atom. The lowest BCUT2D eigenvalue weighted by molar-refractivity contribution is -0.141. The maximum absolute atomic E-state index is 11.6. The normalized spacial score (nSPS) is 20.4. The first-order chi connectivity index (χ1) is 7.58. The molecule has 1 aromatic heterocycles. The van der Waals surface area contributed by atoms with E-state index in [9.17, 15) is 9.59 Å². The van der Waals surface area contributed by atoms with E-state index in [1.54, 1.807) is 10.4 Å². The van der Waals surface area contributed by atoms with Crippen molar-refractivity contribution < 1.29 is 14.7 Å². The van der Waals surface area contributed by atoms with Crippen molar-refractivity contribution in [3.05, 3.63) is 16.1 Å². The monoisotopic (exact) mass is 240 g/mol. The molecule has 5 nitrogen and oxygen atoms in total. The minimum absolute atomic E-state index is 0.0831. The highest BCUT2D eigenvalue weighted by atomic mass is 32.1. The van der Waals surface area contributed by atoms with Gasteiger partial charge in [0.05, 0.1) is 23.7 Å². The summed E-state index contributed by atoms with van der Waals surface area (Å²) in [4.78, 5) is 29.1. The van der Waals surface area contributed by atoms with E-state index in [0.717, 1.165) is 10.6 Å². The summed E-state index contributed by atoms with van der Waals surface area (Å²) < 4.78 is 0. The van der Waals surface area contributed by atoms with Gasteiger partial charge in [-0.15, -0.1) is 11.3 Å². The van der Waals surface area contributed by atoms with Gasteiger partial charge in [-0.2, -0.15) is 0 Å². The first-order valence-corrected chi connectivity index (χ1v) is 5.85. The number of rotatable bonds is 3. The van der Waals surface area contributed by atoms with Crippen LogP contribution in [0.5, 0.6) is 0 Å². The molecule has 0 spiro atoms. The SMILES string of the molecule is Cc1ncsc1CN1CC(C(=O)O)CC1=O. The summed E-state index contributed by atoms with van der Waals surface area (Å²) in [6, 6.07) is 0. The van der Waals surface area contributed by atoms with E-state index in [0.29, 0.717) is 13.1 Å². The summed E-state index contributed by atoms with van der Waals surface area (Å²) in [6.07, 6.45) is 0.118. The lowest BCUT2D eigenvalue weighted by Gasteiger charge is -2.14. The molecule has 1 unspecified atom stereocenters. The van der Waals surface area contributed by atoms with Gasteiger partial charge in [-0.05, 0) is 6.92 Å². The standard InChI is InChI=1S/C10H12N2O3S/c1-6-8(16-5-11-6)4-12-3-7(10(14)15)2-9(12)13/h5,7H,2-4H2,1H3,(H,14,15). The number of amides is 1. The van der Waals surface area contributed by atoms with Crippen molar-refractivity contribution in [3.8, 4) is 0 Å². The molecule has 0 bridgehead atoms. The first-order valence-electron chi connectivity index (χ1n) is 4.97. The molecule has 0 aliphatic carbocycles. The molecule has 1 fully saturated rings. The number of carboxylic acid groups (broad SMARTS) is 1. The van der Waals surface area contributed by atoms with Gasteiger partial charge in [0.2, 0.25) is 5.91 Å². The number of carbonyl (C=O) groups is 2. The second-order valence-electron chi connectivity index (χ2n) is 3.87. The third kappa shape index (κ3) is 2.06. The molecular formula is C10H12N2O3S. The average molecular weight is 240 g/mol. The van der Waals surface area contributed by atoms with Gasteiger partial charge in [-0.25, -0.2) is 4.98 Å². The highest BCUT2D eigenvalue weighted by molar-refractivity contribution is 7.09. The predicted octanol–water partition coefficient (Wildman–Crippen LogP) is 0.885. The zero-order valence-electron chi connectivity index (χ0n) is 8.84. The van der Waals surface area contributed by atoms with Crippen LogP contribution in [0.15, 0.2) is 5.51 Å². The lowest BCUT2D eigenvalue weighted by atomic mass is 10.1. The number of hydrogen-bond acceptors (Lipinski definition) is 4. The van der Waals surface area contributed by atoms with Crippen molar-refractivity contribution in [2.75, 3.05) is 6.54 Å². The summed E-state index contributed by atoms with van der Waals surface area (Å²) in [7, 11) is 0. The molecular weight excluding hydrogens is 228 g/mol. The van der Waals surface area contributed by atoms with E-state index >= 15 is 0 Å². The van der Waals surface area contributed by atoms with E-state index in [2.05, 4.69) is 4.98 Å². The van der Waals surface area contributed by atoms with Crippen LogP contribution in [0.2, 0.25) is 0 Å². The maximum atomic E-state index is 11.6. The number of nitrogens with zero attached hydrogens (tertiary/aromatic N) is 2. The molecule has 0 aromatic carbocycles. The molecule has 1 aromatic rings. The average Bonchev–Trinajstić information content (AvgIpc) is 2.76. The smallest absolute Gasteiger partial charge is 0.308 e. The van der Waals surface area contributed by atoms with Crippen LogP contribution in [-0.4, -0.2) is 33.4 Å². The number of likely N-dealkylation sites (tertiary alicyclic amines) is 1. The van der Waals surface area contributed by atoms with Crippen LogP contribution in [0.1, 0.15) is 17.0 Å². The Bertz CT molecular complexity index is 429. The highest BCUT2D eigenvalue weighted by Crippen LogP contribution is 2.22. The van der Waals surface area contributed by atoms with Crippen molar-refractivity contribution in [2.45, 2.75) is 19.9 Å². The summed E-state index contributed by atoms with van der Waals surface area (Å²) in [5, 5.41) is 8.84. The van der Waals surface area contributed by atoms with Crippen LogP contribution in [-0.2, 0) is 16.1 Å². The minimum Gasteiger partial charge on any atom is -0.481 e. The van der Waals surface area contributed by atoms with Gasteiger partial charge in [0.15, 0.2) is 0 Å². The zero-order chi connectivity index (χ0) is 11.7. The molecule has 0 radical (unpaired) electrons. The van der Waals surface area contributed by atoms with E-state index in [1.807, 2.05) is 6.92 Å². The number of aromatic nitrogens is 1. The van der Waals surface area contributed by atoms with Crippen molar-refractivity contribution in [3.63, 3.8) is 0 Å². The Morgan fingerprint density at radius 3 is 3.00 bits per heavy atom. The van der Waals surface area contributed by atoms with Gasteiger partial charge >= 0.3 is 5.97 Å². The van der Waals surface area contributed by atoms with Gasteiger partial charge in [0.25, 0.3) is 0 Å². The molecule has 1 aliphatic rings. The Balaban J connectivity index is 2.04. The topological polar surface area (TPSA) is 70.5 Å². The number of carboxylic acids is 1. The quantitative estimate of drug-likeness (QED) is 0.851. The zero-order valence-corrected chi connectivity index (χ0v) is 9.66. The van der Waals surface area contributed by atoms with Gasteiger partial charge in [-0.3, -0.25) is 9.59 Å². The fourth-order valence-corrected chi connectivity index (χ4v) is 2.53. The van der Waals surface area contributed by atoms with Crippen LogP contribution < -0.4 is 0 Å². The molecule has 86 valence electrons. The Labute approximate surface area is 96.7 Å². The summed E-state index contributed by atoms with van der Waals surface area (Å²) in [5.41, 5.74) is 2.65. The van der Waals surface area contributed by atoms with Crippen molar-refractivity contribution in [1.82, 2.24) is 9.88 Å². The van der Waals surface area contributed by atoms with Crippen LogP contribution in [0.4, 0.5) is 0 Å². The van der Waals surface area contributed by atoms with Crippen molar-refractivity contribution in [1.29, 1.82) is 0 Å². The largest absolute Gasteiger partial charge is 0.481 e. The molecule has 1 aliphatic heterocycles. The number of carbonyl (C=O) groups excluding carboxylic acids is 1. The van der Waals surface area contributed by atoms with Crippen molar-refractivity contribution in [2.24, 2.45) is 5.92 Å². The van der Waals surface area contributed by atoms with Gasteiger partial charge < -0.3 is 10.0 Å². The number of aryl methyl sites for hydroxylation is 1. The van der Waals surface area contributed by atoms with Crippen LogP contribution in [0.3, 0.4) is 0 Å². The molecule has 2 heterocycles. The molecule has 2 rings (SSSR count). The fraction of sp³-hybridized carbons (Fsp3) is 0.500. The predicted molar refractivity (Wildman–Crippen MR) is 58.0 cm³/mol. The maximum Gasteiger partial charge on any atom is 0.308 e. The first kappa shape index (κ1) is 11.1. The molecule has 0 saturated carbocycles. The van der Waals surface area contributed by atoms with E-state index < -0.39 is 11.9 Å². The van der Waals surface area contributed by atoms with Crippen LogP contribution in [0, 0.1) is 12.8 Å². The van der Waals surface area contributed by atoms with Crippen LogP contribution >= 0.6 is 11.3 Å². The van der Waals surface area contributed by atoms with Gasteiger partial charge in [-0.1, -0.05) is 0 Å². The minimum atomic E-state index is -0.892. The number of hydrogen-bond donors (Lipinski definition) is 1. The van der Waals surface area contributed by atoms with E-state index in [4.69, 9.17) is 5.11 Å². The lowest BCUT2D eigenvalue weighted by Crippen LogP contribution is -2.25. The van der Waals surface area contributed by atoms with E-state index in [-0.39, 0.29) is 12.3 Å². The molecule has 1 saturated heterocycles. The summed E-state index contributed by atoms with van der Waals surface area (Å²) >= 11 is 1.50. The van der Waals surface area contributed by atoms with Crippen molar-refractivity contribution >= 4 is 23.2 Å². The van der Waals surface area contributed by atoms with E-state index in [1.165, 1.54) is 11.3 Å². The molecule has 6 heteroatoms. The van der Waals surface area contributed by atoms with Gasteiger partial charge in [0.1, 0.15) is 0 Å². The Kier molecular flexibility index (Phi) is 2.91. The highest BCUT2D eigenvalue weighted by Gasteiger charge is 2.34. The second kappa shape index (κ2) is 4.21. The Hall–Kier alpha value is -1.43. The summed E-state index contributed by atoms with van der Waals surface area (Å²) in [5.74, 6) is -1.53. The molecule has 1 N–H and O–H groups in total. The number of aliphatic carboxylic acids is 1. The second-order valence-corrected chi connectivity index (χ2v) is 4.81. The fourth-order valence-electron chi connectivity index (χ4n) is 1.74. The molecule has 1 amide bonds. The molecule has 16 heavy (non-hydrogen) atoms. The third-order valence-corrected chi connectivity index (χ3v) is 3.66. The van der Waals surface area contributed by atoms with Gasteiger partial charge in [0, 0.05) is 17.8 Å². The Morgan fingerprint density at radius 1 is 1.75 bits per heavy atom. The van der Waals surface area contributed by atoms with Crippen LogP contribution in [0.25, 0.3) is 0 Å².